The van der Waals surface area contributed by atoms with E-state index in [1.54, 1.807) is 30.4 Å². The molecule has 1 unspecified atom stereocenters. The molecule has 10 heteroatoms. The van der Waals surface area contributed by atoms with Gasteiger partial charge in [0.15, 0.2) is 0 Å². The molecule has 10 nitrogen and oxygen atoms in total. The second-order valence-electron chi connectivity index (χ2n) is 10.7. The monoisotopic (exact) mass is 567 g/mol. The molecule has 0 saturated carbocycles. The molecule has 2 aromatic heterocycles. The fourth-order valence-corrected chi connectivity index (χ4v) is 5.16. The number of methoxy groups -OCH3 is 1. The molecule has 1 atom stereocenters. The summed E-state index contributed by atoms with van der Waals surface area (Å²) in [7, 11) is 1.62. The average Bonchev–Trinajstić information content (AvgIpc) is 3.53. The van der Waals surface area contributed by atoms with Crippen molar-refractivity contribution in [2.45, 2.75) is 46.2 Å². The SMILES string of the molecule is COc1ccc(CC(=O)N2CCN(c3cc(C)nc(-n4ccnc4)n3)C(CC(=O)NCc3ccc(C)c(C)c3)C2)cc1. The van der Waals surface area contributed by atoms with Gasteiger partial charge in [0.05, 0.1) is 19.6 Å². The van der Waals surface area contributed by atoms with Crippen molar-refractivity contribution in [3.8, 4) is 11.7 Å². The number of aryl methyl sites for hydroxylation is 3. The zero-order chi connectivity index (χ0) is 29.6. The van der Waals surface area contributed by atoms with Crippen LogP contribution in [0.3, 0.4) is 0 Å². The third-order valence-corrected chi connectivity index (χ3v) is 7.69. The minimum atomic E-state index is -0.261. The summed E-state index contributed by atoms with van der Waals surface area (Å²) in [5, 5.41) is 3.08. The first-order chi connectivity index (χ1) is 20.3. The van der Waals surface area contributed by atoms with E-state index in [2.05, 4.69) is 46.2 Å². The largest absolute Gasteiger partial charge is 0.497 e. The maximum absolute atomic E-state index is 13.4. The number of carbonyl (C=O) groups is 2. The predicted molar refractivity (Wildman–Crippen MR) is 161 cm³/mol. The molecular weight excluding hydrogens is 530 g/mol. The second-order valence-corrected chi connectivity index (χ2v) is 10.7. The highest BCUT2D eigenvalue weighted by molar-refractivity contribution is 5.80. The van der Waals surface area contributed by atoms with E-state index in [9.17, 15) is 9.59 Å². The van der Waals surface area contributed by atoms with E-state index in [1.807, 2.05) is 48.2 Å². The number of amides is 2. The highest BCUT2D eigenvalue weighted by Crippen LogP contribution is 2.23. The Hall–Kier alpha value is -4.73. The standard InChI is InChI=1S/C32H37N7O3/c1-22-5-6-26(15-23(22)2)19-34-30(40)18-27-20-37(31(41)17-25-7-9-28(42-4)10-8-25)13-14-39(27)29-16-24(3)35-32(36-29)38-12-11-33-21-38/h5-12,15-16,21,27H,13-14,17-20H2,1-4H3,(H,34,40). The van der Waals surface area contributed by atoms with Crippen LogP contribution in [0.25, 0.3) is 5.95 Å². The van der Waals surface area contributed by atoms with E-state index in [1.165, 1.54) is 11.1 Å². The Labute approximate surface area is 246 Å². The van der Waals surface area contributed by atoms with Crippen molar-refractivity contribution in [1.29, 1.82) is 0 Å². The zero-order valence-corrected chi connectivity index (χ0v) is 24.6. The van der Waals surface area contributed by atoms with E-state index in [0.717, 1.165) is 28.4 Å². The summed E-state index contributed by atoms with van der Waals surface area (Å²) in [6, 6.07) is 15.4. The molecule has 218 valence electrons. The Morgan fingerprint density at radius 2 is 1.76 bits per heavy atom. The van der Waals surface area contributed by atoms with E-state index in [-0.39, 0.29) is 30.7 Å². The molecule has 0 radical (unpaired) electrons. The summed E-state index contributed by atoms with van der Waals surface area (Å²) < 4.78 is 7.00. The predicted octanol–water partition coefficient (Wildman–Crippen LogP) is 3.56. The normalized spacial score (nSPS) is 15.0. The maximum atomic E-state index is 13.4. The fraction of sp³-hybridized carbons (Fsp3) is 0.344. The lowest BCUT2D eigenvalue weighted by Gasteiger charge is -2.42. The van der Waals surface area contributed by atoms with Gasteiger partial charge in [-0.3, -0.25) is 14.2 Å². The molecule has 1 aliphatic rings. The third kappa shape index (κ3) is 6.94. The van der Waals surface area contributed by atoms with Crippen molar-refractivity contribution in [2.75, 3.05) is 31.6 Å². The lowest BCUT2D eigenvalue weighted by Crippen LogP contribution is -2.56. The number of anilines is 1. The molecule has 5 rings (SSSR count). The summed E-state index contributed by atoms with van der Waals surface area (Å²) in [5.41, 5.74) is 5.19. The van der Waals surface area contributed by atoms with Crippen LogP contribution >= 0.6 is 0 Å². The first-order valence-corrected chi connectivity index (χ1v) is 14.1. The quantitative estimate of drug-likeness (QED) is 0.330. The molecule has 0 aliphatic carbocycles. The number of ether oxygens (including phenoxy) is 1. The molecule has 42 heavy (non-hydrogen) atoms. The first kappa shape index (κ1) is 28.8. The minimum Gasteiger partial charge on any atom is -0.497 e. The van der Waals surface area contributed by atoms with Crippen LogP contribution in [0, 0.1) is 20.8 Å². The number of nitrogens with zero attached hydrogens (tertiary/aromatic N) is 6. The summed E-state index contributed by atoms with van der Waals surface area (Å²) in [6.07, 6.45) is 5.65. The smallest absolute Gasteiger partial charge is 0.237 e. The van der Waals surface area contributed by atoms with Crippen molar-refractivity contribution in [1.82, 2.24) is 29.7 Å². The highest BCUT2D eigenvalue weighted by Gasteiger charge is 2.32. The van der Waals surface area contributed by atoms with Crippen LogP contribution in [0.15, 0.2) is 67.3 Å². The molecule has 0 bridgehead atoms. The summed E-state index contributed by atoms with van der Waals surface area (Å²) in [4.78, 5) is 44.1. The number of benzene rings is 2. The molecule has 1 aliphatic heterocycles. The van der Waals surface area contributed by atoms with Crippen LogP contribution in [0.1, 0.15) is 34.4 Å². The number of hydrogen-bond donors (Lipinski definition) is 1. The molecular formula is C32H37N7O3. The Morgan fingerprint density at radius 3 is 2.48 bits per heavy atom. The van der Waals surface area contributed by atoms with Crippen molar-refractivity contribution < 1.29 is 14.3 Å². The molecule has 1 N–H and O–H groups in total. The van der Waals surface area contributed by atoms with Crippen molar-refractivity contribution in [3.63, 3.8) is 0 Å². The molecule has 2 amide bonds. The van der Waals surface area contributed by atoms with Crippen LogP contribution < -0.4 is 15.0 Å². The van der Waals surface area contributed by atoms with Crippen LogP contribution in [0.2, 0.25) is 0 Å². The summed E-state index contributed by atoms with van der Waals surface area (Å²) in [6.45, 7) is 8.00. The van der Waals surface area contributed by atoms with E-state index in [4.69, 9.17) is 9.72 Å². The van der Waals surface area contributed by atoms with Gasteiger partial charge in [-0.1, -0.05) is 30.3 Å². The van der Waals surface area contributed by atoms with Crippen LogP contribution in [0.5, 0.6) is 5.75 Å². The Kier molecular flexibility index (Phi) is 8.80. The topological polar surface area (TPSA) is 105 Å². The fourth-order valence-electron chi connectivity index (χ4n) is 5.16. The zero-order valence-electron chi connectivity index (χ0n) is 24.6. The molecule has 1 saturated heterocycles. The second kappa shape index (κ2) is 12.8. The minimum absolute atomic E-state index is 0.0262. The van der Waals surface area contributed by atoms with Crippen molar-refractivity contribution in [3.05, 3.63) is 95.2 Å². The van der Waals surface area contributed by atoms with E-state index < -0.39 is 0 Å². The summed E-state index contributed by atoms with van der Waals surface area (Å²) in [5.74, 6) is 1.94. The van der Waals surface area contributed by atoms with Gasteiger partial charge in [0.2, 0.25) is 17.8 Å². The molecule has 4 aromatic rings. The summed E-state index contributed by atoms with van der Waals surface area (Å²) >= 11 is 0. The number of aromatic nitrogens is 4. The van der Waals surface area contributed by atoms with Gasteiger partial charge in [0, 0.05) is 56.8 Å². The Bertz CT molecular complexity index is 1540. The van der Waals surface area contributed by atoms with Crippen molar-refractivity contribution in [2.24, 2.45) is 0 Å². The van der Waals surface area contributed by atoms with Crippen LogP contribution in [-0.4, -0.2) is 69.0 Å². The number of hydrogen-bond acceptors (Lipinski definition) is 7. The van der Waals surface area contributed by atoms with Gasteiger partial charge >= 0.3 is 0 Å². The van der Waals surface area contributed by atoms with Gasteiger partial charge in [-0.15, -0.1) is 0 Å². The molecule has 0 spiro atoms. The Morgan fingerprint density at radius 1 is 0.976 bits per heavy atom. The number of imidazole rings is 1. The maximum Gasteiger partial charge on any atom is 0.237 e. The number of rotatable bonds is 9. The lowest BCUT2D eigenvalue weighted by atomic mass is 10.0. The van der Waals surface area contributed by atoms with Gasteiger partial charge in [-0.05, 0) is 55.2 Å². The van der Waals surface area contributed by atoms with Gasteiger partial charge in [0.1, 0.15) is 17.9 Å². The van der Waals surface area contributed by atoms with Gasteiger partial charge < -0.3 is 19.9 Å². The third-order valence-electron chi connectivity index (χ3n) is 7.69. The number of piperazine rings is 1. The Balaban J connectivity index is 1.34. The first-order valence-electron chi connectivity index (χ1n) is 14.1. The van der Waals surface area contributed by atoms with E-state index >= 15 is 0 Å². The highest BCUT2D eigenvalue weighted by atomic mass is 16.5. The lowest BCUT2D eigenvalue weighted by molar-refractivity contribution is -0.132. The van der Waals surface area contributed by atoms with Gasteiger partial charge in [-0.25, -0.2) is 9.97 Å². The molecule has 2 aromatic carbocycles. The van der Waals surface area contributed by atoms with Gasteiger partial charge in [-0.2, -0.15) is 4.98 Å². The van der Waals surface area contributed by atoms with Crippen LogP contribution in [-0.2, 0) is 22.6 Å². The molecule has 3 heterocycles. The van der Waals surface area contributed by atoms with Crippen molar-refractivity contribution >= 4 is 17.6 Å². The van der Waals surface area contributed by atoms with Gasteiger partial charge in [0.25, 0.3) is 0 Å². The average molecular weight is 568 g/mol. The van der Waals surface area contributed by atoms with Crippen LogP contribution in [0.4, 0.5) is 5.82 Å². The van der Waals surface area contributed by atoms with E-state index in [0.29, 0.717) is 32.1 Å². The molecule has 1 fully saturated rings. The number of carbonyl (C=O) groups excluding carboxylic acids is 2. The number of nitrogens with one attached hydrogen (secondary N) is 1.